The Bertz CT molecular complexity index is 1540. The van der Waals surface area contributed by atoms with Crippen molar-refractivity contribution in [2.45, 2.75) is 50.9 Å². The molecule has 236 valence electrons. The van der Waals surface area contributed by atoms with E-state index < -0.39 is 5.91 Å². The average molecular weight is 651 g/mol. The van der Waals surface area contributed by atoms with Crippen LogP contribution in [0.5, 0.6) is 17.2 Å². The van der Waals surface area contributed by atoms with Crippen LogP contribution in [0.3, 0.4) is 0 Å². The molecule has 4 aliphatic rings. The number of benzene rings is 3. The van der Waals surface area contributed by atoms with Crippen LogP contribution in [0.15, 0.2) is 65.8 Å². The molecule has 0 spiro atoms. The Balaban J connectivity index is 0.988. The molecule has 3 aromatic rings. The summed E-state index contributed by atoms with van der Waals surface area (Å²) < 4.78 is 17.0. The Kier molecular flexibility index (Phi) is 9.52. The maximum Gasteiger partial charge on any atom is 0.277 e. The lowest BCUT2D eigenvalue weighted by atomic mass is 9.48. The fraction of sp³-hybridized carbons (Fsp3) is 0.400. The molecule has 4 saturated carbocycles. The predicted molar refractivity (Wildman–Crippen MR) is 176 cm³/mol. The molecule has 4 aliphatic carbocycles. The van der Waals surface area contributed by atoms with E-state index in [2.05, 4.69) is 28.0 Å². The highest BCUT2D eigenvalue weighted by Crippen LogP contribution is 2.60. The van der Waals surface area contributed by atoms with Crippen LogP contribution in [0, 0.1) is 17.8 Å². The quantitative estimate of drug-likeness (QED) is 0.157. The normalized spacial score (nSPS) is 23.1. The molecule has 0 radical (unpaired) electrons. The van der Waals surface area contributed by atoms with Crippen LogP contribution < -0.4 is 25.0 Å². The number of halogens is 2. The summed E-state index contributed by atoms with van der Waals surface area (Å²) in [6.07, 6.45) is 9.68. The van der Waals surface area contributed by atoms with Crippen molar-refractivity contribution in [3.63, 3.8) is 0 Å². The molecule has 0 heterocycles. The first-order valence-corrected chi connectivity index (χ1v) is 16.2. The molecule has 8 nitrogen and oxygen atoms in total. The SMILES string of the molecule is CCOc1cc(/C=N/NC(=O)COc2ccc(Cl)cc2Cl)ccc1OCC(=O)Nc1ccc(C23CC4CC(CC(C4)C2)C3)cc1. The molecule has 0 aromatic heterocycles. The lowest BCUT2D eigenvalue weighted by Gasteiger charge is -2.57. The second-order valence-electron chi connectivity index (χ2n) is 12.4. The number of hydrazone groups is 1. The summed E-state index contributed by atoms with van der Waals surface area (Å²) in [5, 5.41) is 7.71. The summed E-state index contributed by atoms with van der Waals surface area (Å²) in [5.41, 5.74) is 5.59. The molecule has 0 aliphatic heterocycles. The molecule has 4 bridgehead atoms. The molecule has 0 saturated heterocycles. The number of carbonyl (C=O) groups is 2. The number of nitrogens with one attached hydrogen (secondary N) is 2. The minimum atomic E-state index is -0.462. The standard InChI is InChI=1S/C35H37Cl2N3O5/c1-2-43-32-14-22(19-38-40-34(42)21-44-30-10-6-27(36)15-29(30)37)3-9-31(32)45-20-33(41)39-28-7-4-26(5-8-28)35-16-23-11-24(17-35)13-25(12-23)18-35/h3-10,14-15,19,23-25H,2,11-13,16-18,20-21H2,1H3,(H,39,41)(H,40,42)/b38-19+. The smallest absolute Gasteiger partial charge is 0.277 e. The van der Waals surface area contributed by atoms with E-state index in [1.807, 2.05) is 19.1 Å². The number of amides is 2. The van der Waals surface area contributed by atoms with Gasteiger partial charge < -0.3 is 19.5 Å². The lowest BCUT2D eigenvalue weighted by molar-refractivity contribution is -0.123. The highest BCUT2D eigenvalue weighted by Gasteiger charge is 2.51. The van der Waals surface area contributed by atoms with Gasteiger partial charge in [-0.05, 0) is 128 Å². The van der Waals surface area contributed by atoms with Crippen LogP contribution in [0.1, 0.15) is 56.6 Å². The second kappa shape index (κ2) is 13.7. The molecule has 45 heavy (non-hydrogen) atoms. The third-order valence-electron chi connectivity index (χ3n) is 9.10. The van der Waals surface area contributed by atoms with Gasteiger partial charge in [-0.3, -0.25) is 9.59 Å². The summed E-state index contributed by atoms with van der Waals surface area (Å²) >= 11 is 11.9. The highest BCUT2D eigenvalue weighted by molar-refractivity contribution is 6.35. The van der Waals surface area contributed by atoms with Crippen LogP contribution in [0.2, 0.25) is 10.0 Å². The first kappa shape index (κ1) is 31.2. The molecule has 0 atom stereocenters. The van der Waals surface area contributed by atoms with Gasteiger partial charge in [0.15, 0.2) is 24.7 Å². The van der Waals surface area contributed by atoms with Gasteiger partial charge in [0.25, 0.3) is 11.8 Å². The van der Waals surface area contributed by atoms with Gasteiger partial charge in [-0.25, -0.2) is 5.43 Å². The molecule has 4 fully saturated rings. The van der Waals surface area contributed by atoms with Gasteiger partial charge in [-0.1, -0.05) is 35.3 Å². The van der Waals surface area contributed by atoms with E-state index in [0.29, 0.717) is 44.9 Å². The number of anilines is 1. The Labute approximate surface area is 273 Å². The van der Waals surface area contributed by atoms with Gasteiger partial charge in [0.05, 0.1) is 17.8 Å². The topological polar surface area (TPSA) is 98.2 Å². The fourth-order valence-corrected chi connectivity index (χ4v) is 8.11. The molecular formula is C35H37Cl2N3O5. The van der Waals surface area contributed by atoms with Gasteiger partial charge in [0, 0.05) is 10.7 Å². The molecule has 7 rings (SSSR count). The van der Waals surface area contributed by atoms with Crippen molar-refractivity contribution in [2.24, 2.45) is 22.9 Å². The fourth-order valence-electron chi connectivity index (χ4n) is 7.65. The van der Waals surface area contributed by atoms with Crippen LogP contribution in [-0.4, -0.2) is 37.8 Å². The van der Waals surface area contributed by atoms with Crippen molar-refractivity contribution in [1.82, 2.24) is 5.43 Å². The monoisotopic (exact) mass is 649 g/mol. The third-order valence-corrected chi connectivity index (χ3v) is 9.63. The zero-order valence-corrected chi connectivity index (χ0v) is 26.7. The zero-order chi connectivity index (χ0) is 31.4. The lowest BCUT2D eigenvalue weighted by Crippen LogP contribution is -2.48. The van der Waals surface area contributed by atoms with E-state index >= 15 is 0 Å². The van der Waals surface area contributed by atoms with Crippen molar-refractivity contribution >= 4 is 46.9 Å². The Morgan fingerprint density at radius 3 is 2.13 bits per heavy atom. The predicted octanol–water partition coefficient (Wildman–Crippen LogP) is 7.41. The molecule has 2 amide bonds. The van der Waals surface area contributed by atoms with Crippen molar-refractivity contribution in [1.29, 1.82) is 0 Å². The van der Waals surface area contributed by atoms with Gasteiger partial charge in [-0.2, -0.15) is 5.10 Å². The van der Waals surface area contributed by atoms with E-state index in [1.165, 1.54) is 56.4 Å². The van der Waals surface area contributed by atoms with Crippen LogP contribution in [-0.2, 0) is 15.0 Å². The minimum absolute atomic E-state index is 0.169. The van der Waals surface area contributed by atoms with Gasteiger partial charge in [0.2, 0.25) is 0 Å². The van der Waals surface area contributed by atoms with Crippen molar-refractivity contribution in [2.75, 3.05) is 25.1 Å². The summed E-state index contributed by atoms with van der Waals surface area (Å²) in [6.45, 7) is 1.82. The van der Waals surface area contributed by atoms with Crippen LogP contribution in [0.4, 0.5) is 5.69 Å². The summed E-state index contributed by atoms with van der Waals surface area (Å²) in [7, 11) is 0. The van der Waals surface area contributed by atoms with Crippen molar-refractivity contribution in [3.05, 3.63) is 81.8 Å². The van der Waals surface area contributed by atoms with Gasteiger partial charge in [0.1, 0.15) is 5.75 Å². The molecule has 0 unspecified atom stereocenters. The van der Waals surface area contributed by atoms with Crippen molar-refractivity contribution < 1.29 is 23.8 Å². The number of hydrogen-bond donors (Lipinski definition) is 2. The first-order chi connectivity index (χ1) is 21.8. The maximum atomic E-state index is 12.7. The Hall–Kier alpha value is -3.75. The van der Waals surface area contributed by atoms with Gasteiger partial charge >= 0.3 is 0 Å². The Morgan fingerprint density at radius 2 is 1.47 bits per heavy atom. The maximum absolute atomic E-state index is 12.7. The molecule has 10 heteroatoms. The number of ether oxygens (including phenoxy) is 3. The molecule has 3 aromatic carbocycles. The zero-order valence-electron chi connectivity index (χ0n) is 25.2. The van der Waals surface area contributed by atoms with E-state index in [0.717, 1.165) is 23.4 Å². The molecular weight excluding hydrogens is 613 g/mol. The largest absolute Gasteiger partial charge is 0.490 e. The number of rotatable bonds is 12. The van der Waals surface area contributed by atoms with E-state index in [-0.39, 0.29) is 19.1 Å². The number of carbonyl (C=O) groups excluding carboxylic acids is 2. The highest BCUT2D eigenvalue weighted by atomic mass is 35.5. The van der Waals surface area contributed by atoms with Gasteiger partial charge in [-0.15, -0.1) is 0 Å². The van der Waals surface area contributed by atoms with Crippen molar-refractivity contribution in [3.8, 4) is 17.2 Å². The summed E-state index contributed by atoms with van der Waals surface area (Å²) in [5.74, 6) is 3.19. The summed E-state index contributed by atoms with van der Waals surface area (Å²) in [4.78, 5) is 24.9. The van der Waals surface area contributed by atoms with Crippen LogP contribution >= 0.6 is 23.2 Å². The average Bonchev–Trinajstić information content (AvgIpc) is 3.00. The van der Waals surface area contributed by atoms with Crippen LogP contribution in [0.25, 0.3) is 0 Å². The number of nitrogens with zero attached hydrogens (tertiary/aromatic N) is 1. The third kappa shape index (κ3) is 7.56. The van der Waals surface area contributed by atoms with E-state index in [4.69, 9.17) is 37.4 Å². The summed E-state index contributed by atoms with van der Waals surface area (Å²) in [6, 6.07) is 18.4. The van der Waals surface area contributed by atoms with E-state index in [9.17, 15) is 9.59 Å². The minimum Gasteiger partial charge on any atom is -0.490 e. The number of hydrogen-bond acceptors (Lipinski definition) is 6. The van der Waals surface area contributed by atoms with E-state index in [1.54, 1.807) is 30.3 Å². The molecule has 2 N–H and O–H groups in total. The first-order valence-electron chi connectivity index (χ1n) is 15.5. The second-order valence-corrected chi connectivity index (χ2v) is 13.3. The Morgan fingerprint density at radius 1 is 0.822 bits per heavy atom.